The van der Waals surface area contributed by atoms with E-state index in [9.17, 15) is 0 Å². The number of hydrogen-bond acceptors (Lipinski definition) is 5. The Labute approximate surface area is 136 Å². The standard InChI is InChI=1S/C16H25N5S/c1-11-19-20-14-6-5-12(10-21(11)14)7-17-8-13-9-18-15(22-13)16(2,3)4/h9,12,17H,5-8,10H2,1-4H3. The summed E-state index contributed by atoms with van der Waals surface area (Å²) >= 11 is 1.82. The number of rotatable bonds is 4. The molecule has 1 aliphatic rings. The fourth-order valence-electron chi connectivity index (χ4n) is 2.83. The Morgan fingerprint density at radius 3 is 2.91 bits per heavy atom. The van der Waals surface area contributed by atoms with Gasteiger partial charge in [0.1, 0.15) is 11.6 Å². The van der Waals surface area contributed by atoms with Crippen molar-refractivity contribution in [1.29, 1.82) is 0 Å². The fraction of sp³-hybridized carbons (Fsp3) is 0.688. The van der Waals surface area contributed by atoms with Gasteiger partial charge >= 0.3 is 0 Å². The molecule has 1 unspecified atom stereocenters. The zero-order valence-corrected chi connectivity index (χ0v) is 14.7. The third-order valence-corrected chi connectivity index (χ3v) is 5.58. The highest BCUT2D eigenvalue weighted by molar-refractivity contribution is 7.11. The predicted octanol–water partition coefficient (Wildman–Crippen LogP) is 2.69. The zero-order valence-electron chi connectivity index (χ0n) is 13.9. The number of aromatic nitrogens is 4. The molecule has 0 spiro atoms. The lowest BCUT2D eigenvalue weighted by molar-refractivity contribution is 0.344. The smallest absolute Gasteiger partial charge is 0.133 e. The monoisotopic (exact) mass is 319 g/mol. The molecule has 1 aliphatic heterocycles. The number of nitrogens with zero attached hydrogens (tertiary/aromatic N) is 4. The summed E-state index contributed by atoms with van der Waals surface area (Å²) in [5.41, 5.74) is 0.147. The minimum Gasteiger partial charge on any atom is -0.315 e. The molecule has 3 heterocycles. The van der Waals surface area contributed by atoms with Crippen molar-refractivity contribution in [2.45, 2.75) is 59.0 Å². The quantitative estimate of drug-likeness (QED) is 0.941. The third-order valence-electron chi connectivity index (χ3n) is 4.16. The van der Waals surface area contributed by atoms with Crippen LogP contribution in [0, 0.1) is 12.8 Å². The van der Waals surface area contributed by atoms with Crippen LogP contribution in [-0.4, -0.2) is 26.3 Å². The van der Waals surface area contributed by atoms with Gasteiger partial charge in [0.25, 0.3) is 0 Å². The van der Waals surface area contributed by atoms with E-state index in [1.807, 2.05) is 24.5 Å². The molecule has 2 aromatic rings. The zero-order chi connectivity index (χ0) is 15.7. The van der Waals surface area contributed by atoms with Gasteiger partial charge in [0, 0.05) is 42.5 Å². The highest BCUT2D eigenvalue weighted by Crippen LogP contribution is 2.26. The molecule has 0 fully saturated rings. The van der Waals surface area contributed by atoms with Crippen LogP contribution in [0.5, 0.6) is 0 Å². The first-order valence-electron chi connectivity index (χ1n) is 7.98. The lowest BCUT2D eigenvalue weighted by Crippen LogP contribution is -2.30. The second-order valence-electron chi connectivity index (χ2n) is 7.19. The van der Waals surface area contributed by atoms with Crippen molar-refractivity contribution in [3.63, 3.8) is 0 Å². The fourth-order valence-corrected chi connectivity index (χ4v) is 3.77. The third kappa shape index (κ3) is 3.38. The van der Waals surface area contributed by atoms with E-state index in [-0.39, 0.29) is 5.41 Å². The van der Waals surface area contributed by atoms with Crippen molar-refractivity contribution in [3.8, 4) is 0 Å². The summed E-state index contributed by atoms with van der Waals surface area (Å²) in [6.45, 7) is 11.7. The largest absolute Gasteiger partial charge is 0.315 e. The van der Waals surface area contributed by atoms with Crippen LogP contribution in [0.4, 0.5) is 0 Å². The molecule has 1 N–H and O–H groups in total. The maximum absolute atomic E-state index is 4.55. The van der Waals surface area contributed by atoms with Gasteiger partial charge in [-0.05, 0) is 19.3 Å². The average Bonchev–Trinajstić information content (AvgIpc) is 3.06. The molecule has 3 rings (SSSR count). The van der Waals surface area contributed by atoms with Gasteiger partial charge in [-0.3, -0.25) is 0 Å². The highest BCUT2D eigenvalue weighted by Gasteiger charge is 2.21. The van der Waals surface area contributed by atoms with Crippen LogP contribution in [0.15, 0.2) is 6.20 Å². The van der Waals surface area contributed by atoms with Crippen LogP contribution in [0.2, 0.25) is 0 Å². The van der Waals surface area contributed by atoms with Crippen LogP contribution in [0.1, 0.15) is 48.7 Å². The van der Waals surface area contributed by atoms with E-state index in [1.165, 1.54) is 16.3 Å². The molecular weight excluding hydrogens is 294 g/mol. The van der Waals surface area contributed by atoms with Crippen LogP contribution in [0.3, 0.4) is 0 Å². The van der Waals surface area contributed by atoms with Crippen molar-refractivity contribution in [3.05, 3.63) is 27.7 Å². The molecule has 1 atom stereocenters. The van der Waals surface area contributed by atoms with Crippen molar-refractivity contribution >= 4 is 11.3 Å². The molecule has 22 heavy (non-hydrogen) atoms. The first-order valence-corrected chi connectivity index (χ1v) is 8.79. The maximum Gasteiger partial charge on any atom is 0.133 e. The molecule has 0 saturated heterocycles. The van der Waals surface area contributed by atoms with E-state index >= 15 is 0 Å². The van der Waals surface area contributed by atoms with Crippen LogP contribution >= 0.6 is 11.3 Å². The van der Waals surface area contributed by atoms with E-state index in [4.69, 9.17) is 0 Å². The molecule has 6 heteroatoms. The first kappa shape index (κ1) is 15.6. The van der Waals surface area contributed by atoms with Gasteiger partial charge in [-0.15, -0.1) is 21.5 Å². The topological polar surface area (TPSA) is 55.6 Å². The summed E-state index contributed by atoms with van der Waals surface area (Å²) in [7, 11) is 0. The summed E-state index contributed by atoms with van der Waals surface area (Å²) in [5.74, 6) is 2.85. The van der Waals surface area contributed by atoms with Crippen LogP contribution < -0.4 is 5.32 Å². The molecule has 0 radical (unpaired) electrons. The van der Waals surface area contributed by atoms with Gasteiger partial charge in [-0.2, -0.15) is 0 Å². The van der Waals surface area contributed by atoms with E-state index in [1.54, 1.807) is 0 Å². The highest BCUT2D eigenvalue weighted by atomic mass is 32.1. The summed E-state index contributed by atoms with van der Waals surface area (Å²) in [5, 5.41) is 13.2. The van der Waals surface area contributed by atoms with Gasteiger partial charge in [-0.25, -0.2) is 4.98 Å². The molecule has 0 saturated carbocycles. The van der Waals surface area contributed by atoms with E-state index in [0.29, 0.717) is 5.92 Å². The van der Waals surface area contributed by atoms with Crippen molar-refractivity contribution in [2.75, 3.05) is 6.54 Å². The van der Waals surface area contributed by atoms with E-state index in [2.05, 4.69) is 45.8 Å². The Kier molecular flexibility index (Phi) is 4.32. The number of thiazole rings is 1. The van der Waals surface area contributed by atoms with Crippen LogP contribution in [0.25, 0.3) is 0 Å². The molecule has 5 nitrogen and oxygen atoms in total. The Hall–Kier alpha value is -1.27. The van der Waals surface area contributed by atoms with E-state index in [0.717, 1.165) is 37.7 Å². The molecule has 0 aromatic carbocycles. The molecule has 2 aromatic heterocycles. The number of aryl methyl sites for hydroxylation is 2. The summed E-state index contributed by atoms with van der Waals surface area (Å²) in [6.07, 6.45) is 4.25. The van der Waals surface area contributed by atoms with Crippen molar-refractivity contribution in [1.82, 2.24) is 25.1 Å². The molecule has 0 bridgehead atoms. The summed E-state index contributed by atoms with van der Waals surface area (Å²) < 4.78 is 2.26. The number of fused-ring (bicyclic) bond motifs is 1. The Bertz CT molecular complexity index is 637. The summed E-state index contributed by atoms with van der Waals surface area (Å²) in [4.78, 5) is 5.87. The Morgan fingerprint density at radius 1 is 1.36 bits per heavy atom. The Morgan fingerprint density at radius 2 is 2.18 bits per heavy atom. The van der Waals surface area contributed by atoms with E-state index < -0.39 is 0 Å². The maximum atomic E-state index is 4.55. The SMILES string of the molecule is Cc1nnc2n1CC(CNCc1cnc(C(C)(C)C)s1)CC2. The average molecular weight is 319 g/mol. The normalized spacial score (nSPS) is 18.5. The molecule has 0 aliphatic carbocycles. The van der Waals surface area contributed by atoms with Crippen LogP contribution in [-0.2, 0) is 24.9 Å². The Balaban J connectivity index is 1.50. The van der Waals surface area contributed by atoms with Gasteiger partial charge in [0.05, 0.1) is 5.01 Å². The first-order chi connectivity index (χ1) is 10.4. The van der Waals surface area contributed by atoms with Gasteiger partial charge in [0.15, 0.2) is 0 Å². The lowest BCUT2D eigenvalue weighted by Gasteiger charge is -2.24. The van der Waals surface area contributed by atoms with Gasteiger partial charge in [0.2, 0.25) is 0 Å². The summed E-state index contributed by atoms with van der Waals surface area (Å²) in [6, 6.07) is 0. The second-order valence-corrected chi connectivity index (χ2v) is 8.31. The lowest BCUT2D eigenvalue weighted by atomic mass is 9.98. The van der Waals surface area contributed by atoms with Crippen molar-refractivity contribution < 1.29 is 0 Å². The predicted molar refractivity (Wildman–Crippen MR) is 89.1 cm³/mol. The second kappa shape index (κ2) is 6.08. The molecular formula is C16H25N5S. The van der Waals surface area contributed by atoms with Gasteiger partial charge < -0.3 is 9.88 Å². The number of hydrogen-bond donors (Lipinski definition) is 1. The minimum atomic E-state index is 0.147. The van der Waals surface area contributed by atoms with Gasteiger partial charge in [-0.1, -0.05) is 20.8 Å². The number of nitrogens with one attached hydrogen (secondary N) is 1. The van der Waals surface area contributed by atoms with Crippen molar-refractivity contribution in [2.24, 2.45) is 5.92 Å². The minimum absolute atomic E-state index is 0.147. The molecule has 0 amide bonds. The molecule has 120 valence electrons.